The van der Waals surface area contributed by atoms with Gasteiger partial charge in [0.25, 0.3) is 0 Å². The van der Waals surface area contributed by atoms with E-state index in [9.17, 15) is 14.0 Å². The van der Waals surface area contributed by atoms with Crippen molar-refractivity contribution >= 4 is 30.0 Å². The van der Waals surface area contributed by atoms with E-state index in [1.807, 2.05) is 4.90 Å². The summed E-state index contributed by atoms with van der Waals surface area (Å²) >= 11 is 0. The predicted molar refractivity (Wildman–Crippen MR) is 87.1 cm³/mol. The number of nitrogens with one attached hydrogen (secondary N) is 3. The van der Waals surface area contributed by atoms with Gasteiger partial charge in [-0.15, -0.1) is 12.4 Å². The van der Waals surface area contributed by atoms with Gasteiger partial charge >= 0.3 is 6.03 Å². The zero-order valence-corrected chi connectivity index (χ0v) is 13.4. The van der Waals surface area contributed by atoms with Crippen LogP contribution in [0.4, 0.5) is 14.9 Å². The molecule has 2 aliphatic heterocycles. The number of anilines is 1. The van der Waals surface area contributed by atoms with Crippen molar-refractivity contribution in [1.29, 1.82) is 0 Å². The number of amides is 3. The second-order valence-electron chi connectivity index (χ2n) is 5.73. The molecule has 2 fully saturated rings. The Morgan fingerprint density at radius 2 is 1.91 bits per heavy atom. The molecular formula is C15H20ClFN4O2. The first kappa shape index (κ1) is 17.5. The molecule has 3 rings (SSSR count). The van der Waals surface area contributed by atoms with E-state index in [2.05, 4.69) is 16.0 Å². The Morgan fingerprint density at radius 1 is 1.22 bits per heavy atom. The molecular weight excluding hydrogens is 323 g/mol. The van der Waals surface area contributed by atoms with Gasteiger partial charge in [-0.3, -0.25) is 4.79 Å². The lowest BCUT2D eigenvalue weighted by molar-refractivity contribution is -0.136. The Labute approximate surface area is 140 Å². The molecule has 0 spiro atoms. The first-order valence-corrected chi connectivity index (χ1v) is 7.44. The third kappa shape index (κ3) is 4.33. The highest BCUT2D eigenvalue weighted by Crippen LogP contribution is 2.15. The number of carbonyl (C=O) groups is 2. The Morgan fingerprint density at radius 3 is 2.52 bits per heavy atom. The molecule has 0 saturated carbocycles. The minimum absolute atomic E-state index is 0. The topological polar surface area (TPSA) is 73.5 Å². The van der Waals surface area contributed by atoms with E-state index in [1.54, 1.807) is 0 Å². The summed E-state index contributed by atoms with van der Waals surface area (Å²) in [6, 6.07) is 5.20. The van der Waals surface area contributed by atoms with Crippen molar-refractivity contribution in [2.24, 2.45) is 5.92 Å². The highest BCUT2D eigenvalue weighted by Gasteiger charge is 2.33. The molecule has 0 bridgehead atoms. The van der Waals surface area contributed by atoms with E-state index in [1.165, 1.54) is 24.3 Å². The zero-order valence-electron chi connectivity index (χ0n) is 12.5. The Kier molecular flexibility index (Phi) is 5.79. The van der Waals surface area contributed by atoms with Gasteiger partial charge in [0, 0.05) is 37.9 Å². The molecule has 1 atom stereocenters. The molecule has 2 heterocycles. The van der Waals surface area contributed by atoms with E-state index in [0.29, 0.717) is 18.8 Å². The summed E-state index contributed by atoms with van der Waals surface area (Å²) in [5, 5.41) is 8.59. The fourth-order valence-electron chi connectivity index (χ4n) is 2.69. The average molecular weight is 343 g/mol. The van der Waals surface area contributed by atoms with Crippen molar-refractivity contribution < 1.29 is 14.0 Å². The number of urea groups is 1. The summed E-state index contributed by atoms with van der Waals surface area (Å²) in [7, 11) is 0. The van der Waals surface area contributed by atoms with Gasteiger partial charge in [-0.1, -0.05) is 0 Å². The van der Waals surface area contributed by atoms with Crippen molar-refractivity contribution in [2.45, 2.75) is 12.5 Å². The van der Waals surface area contributed by atoms with E-state index >= 15 is 0 Å². The van der Waals surface area contributed by atoms with Crippen LogP contribution in [0.5, 0.6) is 0 Å². The summed E-state index contributed by atoms with van der Waals surface area (Å²) in [4.78, 5) is 25.8. The highest BCUT2D eigenvalue weighted by molar-refractivity contribution is 5.89. The molecule has 1 unspecified atom stereocenters. The molecule has 2 aliphatic rings. The SMILES string of the molecule is Cl.O=C(Nc1ccc(F)cc1)NC1CCN(C(=O)C2CNC2)C1. The fourth-order valence-corrected chi connectivity index (χ4v) is 2.69. The number of carbonyl (C=O) groups excluding carboxylic acids is 2. The first-order chi connectivity index (χ1) is 10.6. The fraction of sp³-hybridized carbons (Fsp3) is 0.467. The third-order valence-electron chi connectivity index (χ3n) is 4.07. The first-order valence-electron chi connectivity index (χ1n) is 7.44. The van der Waals surface area contributed by atoms with Crippen LogP contribution >= 0.6 is 12.4 Å². The van der Waals surface area contributed by atoms with Gasteiger partial charge in [0.05, 0.1) is 5.92 Å². The molecule has 6 nitrogen and oxygen atoms in total. The summed E-state index contributed by atoms with van der Waals surface area (Å²) in [5.74, 6) is -0.0878. The second-order valence-corrected chi connectivity index (χ2v) is 5.73. The van der Waals surface area contributed by atoms with Crippen molar-refractivity contribution in [1.82, 2.24) is 15.5 Å². The number of nitrogens with zero attached hydrogens (tertiary/aromatic N) is 1. The minimum Gasteiger partial charge on any atom is -0.340 e. The molecule has 0 radical (unpaired) electrons. The number of benzene rings is 1. The molecule has 126 valence electrons. The van der Waals surface area contributed by atoms with E-state index in [-0.39, 0.29) is 42.1 Å². The van der Waals surface area contributed by atoms with Gasteiger partial charge in [-0.05, 0) is 30.7 Å². The van der Waals surface area contributed by atoms with Crippen molar-refractivity contribution in [3.8, 4) is 0 Å². The molecule has 1 aromatic carbocycles. The van der Waals surface area contributed by atoms with Crippen LogP contribution < -0.4 is 16.0 Å². The summed E-state index contributed by atoms with van der Waals surface area (Å²) in [6.45, 7) is 2.72. The second kappa shape index (κ2) is 7.61. The van der Waals surface area contributed by atoms with E-state index in [0.717, 1.165) is 19.5 Å². The maximum Gasteiger partial charge on any atom is 0.319 e. The summed E-state index contributed by atoms with van der Waals surface area (Å²) in [5.41, 5.74) is 0.533. The number of likely N-dealkylation sites (tertiary alicyclic amines) is 1. The van der Waals surface area contributed by atoms with Crippen LogP contribution in [0.3, 0.4) is 0 Å². The molecule has 3 amide bonds. The largest absolute Gasteiger partial charge is 0.340 e. The van der Waals surface area contributed by atoms with Crippen LogP contribution in [0.15, 0.2) is 24.3 Å². The van der Waals surface area contributed by atoms with Crippen LogP contribution in [0.25, 0.3) is 0 Å². The van der Waals surface area contributed by atoms with Gasteiger partial charge in [-0.25, -0.2) is 9.18 Å². The van der Waals surface area contributed by atoms with Crippen LogP contribution in [0.2, 0.25) is 0 Å². The minimum atomic E-state index is -0.346. The molecule has 1 aromatic rings. The average Bonchev–Trinajstić information content (AvgIpc) is 2.88. The van der Waals surface area contributed by atoms with Crippen molar-refractivity contribution in [3.05, 3.63) is 30.1 Å². The lowest BCUT2D eigenvalue weighted by atomic mass is 10.0. The summed E-state index contributed by atoms with van der Waals surface area (Å²) < 4.78 is 12.8. The van der Waals surface area contributed by atoms with Crippen LogP contribution in [0, 0.1) is 11.7 Å². The quantitative estimate of drug-likeness (QED) is 0.772. The van der Waals surface area contributed by atoms with Gasteiger partial charge < -0.3 is 20.9 Å². The smallest absolute Gasteiger partial charge is 0.319 e. The lowest BCUT2D eigenvalue weighted by Crippen LogP contribution is -2.52. The van der Waals surface area contributed by atoms with Gasteiger partial charge in [0.1, 0.15) is 5.82 Å². The van der Waals surface area contributed by atoms with E-state index in [4.69, 9.17) is 0 Å². The summed E-state index contributed by atoms with van der Waals surface area (Å²) in [6.07, 6.45) is 0.753. The van der Waals surface area contributed by atoms with Gasteiger partial charge in [0.15, 0.2) is 0 Å². The standard InChI is InChI=1S/C15H19FN4O2.ClH/c16-11-1-3-12(4-2-11)18-15(22)19-13-5-6-20(9-13)14(21)10-7-17-8-10;/h1-4,10,13,17H,5-9H2,(H2,18,19,22);1H. The number of hydrogen-bond donors (Lipinski definition) is 3. The van der Waals surface area contributed by atoms with Gasteiger partial charge in [-0.2, -0.15) is 0 Å². The number of halogens is 2. The number of rotatable bonds is 3. The normalized spacial score (nSPS) is 20.4. The molecule has 2 saturated heterocycles. The molecule has 0 aromatic heterocycles. The number of hydrogen-bond acceptors (Lipinski definition) is 3. The maximum atomic E-state index is 12.8. The third-order valence-corrected chi connectivity index (χ3v) is 4.07. The molecule has 23 heavy (non-hydrogen) atoms. The lowest BCUT2D eigenvalue weighted by Gasteiger charge is -2.30. The molecule has 0 aliphatic carbocycles. The maximum absolute atomic E-state index is 12.8. The van der Waals surface area contributed by atoms with Crippen molar-refractivity contribution in [2.75, 3.05) is 31.5 Å². The Hall–Kier alpha value is -1.86. The molecule has 8 heteroatoms. The zero-order chi connectivity index (χ0) is 15.5. The van der Waals surface area contributed by atoms with Crippen molar-refractivity contribution in [3.63, 3.8) is 0 Å². The predicted octanol–water partition coefficient (Wildman–Crippen LogP) is 1.19. The molecule has 3 N–H and O–H groups in total. The van der Waals surface area contributed by atoms with Gasteiger partial charge in [0.2, 0.25) is 5.91 Å². The Balaban J connectivity index is 0.00000192. The van der Waals surface area contributed by atoms with Crippen LogP contribution in [0.1, 0.15) is 6.42 Å². The monoisotopic (exact) mass is 342 g/mol. The van der Waals surface area contributed by atoms with E-state index < -0.39 is 0 Å². The van der Waals surface area contributed by atoms with Crippen LogP contribution in [-0.2, 0) is 4.79 Å². The highest BCUT2D eigenvalue weighted by atomic mass is 35.5. The Bertz CT molecular complexity index is 565. The van der Waals surface area contributed by atoms with Crippen LogP contribution in [-0.4, -0.2) is 49.1 Å².